The molecule has 0 unspecified atom stereocenters. The second kappa shape index (κ2) is 7.14. The van der Waals surface area contributed by atoms with E-state index in [1.807, 2.05) is 48.0 Å². The summed E-state index contributed by atoms with van der Waals surface area (Å²) in [5.74, 6) is 0.190. The molecule has 0 saturated heterocycles. The van der Waals surface area contributed by atoms with Gasteiger partial charge in [0.2, 0.25) is 12.3 Å². The topological polar surface area (TPSA) is 86.3 Å². The molecule has 1 heterocycles. The highest BCUT2D eigenvalue weighted by Gasteiger charge is 2.14. The number of benzene rings is 2. The summed E-state index contributed by atoms with van der Waals surface area (Å²) in [6.45, 7) is 1.93. The Kier molecular flexibility index (Phi) is 4.75. The van der Waals surface area contributed by atoms with Gasteiger partial charge in [0.05, 0.1) is 12.8 Å². The molecule has 0 aliphatic rings. The van der Waals surface area contributed by atoms with E-state index in [2.05, 4.69) is 5.32 Å². The summed E-state index contributed by atoms with van der Waals surface area (Å²) in [6, 6.07) is 14.7. The predicted molar refractivity (Wildman–Crippen MR) is 101 cm³/mol. The third kappa shape index (κ3) is 3.17. The Hall–Kier alpha value is -3.54. The normalized spacial score (nSPS) is 10.4. The number of rotatable bonds is 6. The first kappa shape index (κ1) is 17.3. The molecule has 0 radical (unpaired) electrons. The second-order valence-electron chi connectivity index (χ2n) is 5.81. The van der Waals surface area contributed by atoms with Crippen LogP contribution >= 0.6 is 0 Å². The van der Waals surface area contributed by atoms with Gasteiger partial charge in [0, 0.05) is 34.8 Å². The summed E-state index contributed by atoms with van der Waals surface area (Å²) >= 11 is 0. The number of nitrogens with one attached hydrogen (secondary N) is 1. The van der Waals surface area contributed by atoms with Crippen LogP contribution in [-0.2, 0) is 4.79 Å². The van der Waals surface area contributed by atoms with Crippen LogP contribution < -0.4 is 15.8 Å². The molecule has 2 aromatic carbocycles. The molecule has 0 saturated carbocycles. The second-order valence-corrected chi connectivity index (χ2v) is 5.81. The number of aromatic nitrogens is 1. The molecule has 26 heavy (non-hydrogen) atoms. The maximum atomic E-state index is 11.4. The lowest BCUT2D eigenvalue weighted by Crippen LogP contribution is -2.11. The highest BCUT2D eigenvalue weighted by Crippen LogP contribution is 2.34. The van der Waals surface area contributed by atoms with Gasteiger partial charge in [0.15, 0.2) is 0 Å². The average molecular weight is 349 g/mol. The number of anilines is 1. The van der Waals surface area contributed by atoms with Crippen LogP contribution in [-0.4, -0.2) is 24.0 Å². The van der Waals surface area contributed by atoms with Crippen molar-refractivity contribution >= 4 is 18.0 Å². The first-order chi connectivity index (χ1) is 12.5. The smallest absolute Gasteiger partial charge is 0.248 e. The Labute approximate surface area is 151 Å². The van der Waals surface area contributed by atoms with Gasteiger partial charge in [0.25, 0.3) is 0 Å². The van der Waals surface area contributed by atoms with Crippen LogP contribution in [0, 0.1) is 6.92 Å². The van der Waals surface area contributed by atoms with Gasteiger partial charge in [0.1, 0.15) is 5.75 Å². The van der Waals surface area contributed by atoms with Crippen LogP contribution in [0.15, 0.2) is 54.7 Å². The largest absolute Gasteiger partial charge is 0.496 e. The van der Waals surface area contributed by atoms with Crippen LogP contribution in [0.5, 0.6) is 5.75 Å². The minimum absolute atomic E-state index is 0.452. The lowest BCUT2D eigenvalue weighted by atomic mass is 10.1. The molecular formula is C20H19N3O3. The Morgan fingerprint density at radius 3 is 2.65 bits per heavy atom. The van der Waals surface area contributed by atoms with Crippen molar-refractivity contribution in [2.24, 2.45) is 5.73 Å². The lowest BCUT2D eigenvalue weighted by Gasteiger charge is -2.16. The molecule has 3 aromatic rings. The van der Waals surface area contributed by atoms with Crippen molar-refractivity contribution in [3.05, 3.63) is 65.9 Å². The van der Waals surface area contributed by atoms with E-state index in [-0.39, 0.29) is 0 Å². The van der Waals surface area contributed by atoms with Gasteiger partial charge in [-0.2, -0.15) is 0 Å². The van der Waals surface area contributed by atoms with Gasteiger partial charge in [-0.05, 0) is 55.0 Å². The van der Waals surface area contributed by atoms with E-state index in [9.17, 15) is 9.59 Å². The zero-order chi connectivity index (χ0) is 18.7. The Morgan fingerprint density at radius 1 is 1.19 bits per heavy atom. The summed E-state index contributed by atoms with van der Waals surface area (Å²) in [7, 11) is 1.59. The summed E-state index contributed by atoms with van der Waals surface area (Å²) < 4.78 is 7.52. The molecule has 3 rings (SSSR count). The van der Waals surface area contributed by atoms with Crippen LogP contribution in [0.25, 0.3) is 16.9 Å². The zero-order valence-corrected chi connectivity index (χ0v) is 14.5. The van der Waals surface area contributed by atoms with E-state index >= 15 is 0 Å². The number of amides is 2. The van der Waals surface area contributed by atoms with Crippen molar-refractivity contribution < 1.29 is 14.3 Å². The number of primary amides is 1. The van der Waals surface area contributed by atoms with Gasteiger partial charge in [-0.1, -0.05) is 0 Å². The standard InChI is InChI=1S/C20H19N3O3/c1-13-10-14(20(21)25)5-8-17(13)23-9-3-4-18(23)16-7-6-15(22-12-24)11-19(16)26-2/h3-12H,1-2H3,(H2,21,25)(H,22,24). The fourth-order valence-corrected chi connectivity index (χ4v) is 2.95. The molecule has 6 heteroatoms. The van der Waals surface area contributed by atoms with Crippen molar-refractivity contribution in [2.45, 2.75) is 6.92 Å². The third-order valence-corrected chi connectivity index (χ3v) is 4.19. The number of hydrogen-bond donors (Lipinski definition) is 2. The fraction of sp³-hybridized carbons (Fsp3) is 0.100. The molecule has 132 valence electrons. The van der Waals surface area contributed by atoms with Gasteiger partial charge in [-0.25, -0.2) is 0 Å². The van der Waals surface area contributed by atoms with Crippen LogP contribution in [0.3, 0.4) is 0 Å². The van der Waals surface area contributed by atoms with E-state index in [0.717, 1.165) is 22.5 Å². The maximum Gasteiger partial charge on any atom is 0.248 e. The van der Waals surface area contributed by atoms with E-state index in [1.54, 1.807) is 25.3 Å². The minimum Gasteiger partial charge on any atom is -0.496 e. The Bertz CT molecular complexity index is 976. The SMILES string of the molecule is COc1cc(NC=O)ccc1-c1cccn1-c1ccc(C(N)=O)cc1C. The first-order valence-corrected chi connectivity index (χ1v) is 8.02. The summed E-state index contributed by atoms with van der Waals surface area (Å²) in [4.78, 5) is 22.0. The van der Waals surface area contributed by atoms with E-state index in [0.29, 0.717) is 23.4 Å². The van der Waals surface area contributed by atoms with Crippen molar-refractivity contribution in [3.8, 4) is 22.7 Å². The monoisotopic (exact) mass is 349 g/mol. The number of carbonyl (C=O) groups excluding carboxylic acids is 2. The number of hydrogen-bond acceptors (Lipinski definition) is 3. The van der Waals surface area contributed by atoms with Crippen LogP contribution in [0.2, 0.25) is 0 Å². The van der Waals surface area contributed by atoms with E-state index < -0.39 is 5.91 Å². The van der Waals surface area contributed by atoms with Crippen molar-refractivity contribution in [1.29, 1.82) is 0 Å². The number of nitrogens with zero attached hydrogens (tertiary/aromatic N) is 1. The summed E-state index contributed by atoms with van der Waals surface area (Å²) in [6.07, 6.45) is 2.57. The van der Waals surface area contributed by atoms with Gasteiger partial charge in [-0.15, -0.1) is 0 Å². The van der Waals surface area contributed by atoms with Crippen molar-refractivity contribution in [2.75, 3.05) is 12.4 Å². The number of methoxy groups -OCH3 is 1. The molecular weight excluding hydrogens is 330 g/mol. The third-order valence-electron chi connectivity index (χ3n) is 4.19. The summed E-state index contributed by atoms with van der Waals surface area (Å²) in [5, 5.41) is 2.62. The zero-order valence-electron chi connectivity index (χ0n) is 14.5. The van der Waals surface area contributed by atoms with Crippen LogP contribution in [0.4, 0.5) is 5.69 Å². The average Bonchev–Trinajstić information content (AvgIpc) is 3.10. The molecule has 6 nitrogen and oxygen atoms in total. The van der Waals surface area contributed by atoms with Gasteiger partial charge < -0.3 is 20.4 Å². The molecule has 0 bridgehead atoms. The van der Waals surface area contributed by atoms with E-state index in [1.165, 1.54) is 0 Å². The molecule has 3 N–H and O–H groups in total. The molecule has 0 spiro atoms. The lowest BCUT2D eigenvalue weighted by molar-refractivity contribution is -0.105. The van der Waals surface area contributed by atoms with Gasteiger partial charge in [-0.3, -0.25) is 9.59 Å². The molecule has 0 fully saturated rings. The molecule has 0 aliphatic heterocycles. The van der Waals surface area contributed by atoms with Gasteiger partial charge >= 0.3 is 0 Å². The number of aryl methyl sites for hydroxylation is 1. The highest BCUT2D eigenvalue weighted by molar-refractivity contribution is 5.93. The molecule has 1 aromatic heterocycles. The molecule has 0 aliphatic carbocycles. The highest BCUT2D eigenvalue weighted by atomic mass is 16.5. The predicted octanol–water partition coefficient (Wildman–Crippen LogP) is 3.13. The molecule has 0 atom stereocenters. The van der Waals surface area contributed by atoms with Crippen LogP contribution in [0.1, 0.15) is 15.9 Å². The molecule has 2 amide bonds. The number of carbonyl (C=O) groups is 2. The Balaban J connectivity index is 2.10. The quantitative estimate of drug-likeness (QED) is 0.670. The maximum absolute atomic E-state index is 11.4. The van der Waals surface area contributed by atoms with Crippen molar-refractivity contribution in [1.82, 2.24) is 4.57 Å². The minimum atomic E-state index is -0.452. The van der Waals surface area contributed by atoms with E-state index in [4.69, 9.17) is 10.5 Å². The Morgan fingerprint density at radius 2 is 2.00 bits per heavy atom. The first-order valence-electron chi connectivity index (χ1n) is 8.02. The number of ether oxygens (including phenoxy) is 1. The van der Waals surface area contributed by atoms with Crippen molar-refractivity contribution in [3.63, 3.8) is 0 Å². The summed E-state index contributed by atoms with van der Waals surface area (Å²) in [5.41, 5.74) is 10.2. The fourth-order valence-electron chi connectivity index (χ4n) is 2.95. The number of nitrogens with two attached hydrogens (primary N) is 1.